The minimum atomic E-state index is -0.203. The van der Waals surface area contributed by atoms with Crippen LogP contribution in [-0.2, 0) is 12.8 Å². The zero-order chi connectivity index (χ0) is 23.7. The molecule has 176 valence electrons. The molecular weight excluding hydrogens is 448 g/mol. The second-order valence-electron chi connectivity index (χ2n) is 8.88. The van der Waals surface area contributed by atoms with E-state index in [-0.39, 0.29) is 24.0 Å². The standard InChI is InChI=1S/C25H28N6O2S/c26-17-6-2-7-19(13-17)28-25(33)31-11-3-8-21(31)15-4-1-5-16(12-15)23(32)30-24-29-20-10-9-18(27)14-22(20)34-24/h1-2,4-7,12-13,18,21H,3,8-11,14,26-27H2,(H,28,33)(H,29,30,32)/t18-,21-/m1/s1. The van der Waals surface area contributed by atoms with Gasteiger partial charge < -0.3 is 21.7 Å². The number of hydrogen-bond acceptors (Lipinski definition) is 6. The summed E-state index contributed by atoms with van der Waals surface area (Å²) in [7, 11) is 0. The van der Waals surface area contributed by atoms with E-state index < -0.39 is 0 Å². The molecule has 1 aromatic heterocycles. The molecule has 2 heterocycles. The second-order valence-corrected chi connectivity index (χ2v) is 9.96. The molecule has 0 bridgehead atoms. The average Bonchev–Trinajstić information content (AvgIpc) is 3.46. The van der Waals surface area contributed by atoms with Crippen LogP contribution in [0.1, 0.15) is 51.8 Å². The van der Waals surface area contributed by atoms with E-state index in [1.165, 1.54) is 11.3 Å². The maximum atomic E-state index is 13.0. The molecule has 1 fully saturated rings. The summed E-state index contributed by atoms with van der Waals surface area (Å²) in [6.45, 7) is 0.655. The van der Waals surface area contributed by atoms with E-state index in [0.29, 0.717) is 28.6 Å². The average molecular weight is 477 g/mol. The van der Waals surface area contributed by atoms with Gasteiger partial charge >= 0.3 is 6.03 Å². The quantitative estimate of drug-likeness (QED) is 0.421. The molecule has 8 nitrogen and oxygen atoms in total. The Morgan fingerprint density at radius 2 is 1.94 bits per heavy atom. The van der Waals surface area contributed by atoms with Crippen LogP contribution in [-0.4, -0.2) is 34.4 Å². The van der Waals surface area contributed by atoms with Gasteiger partial charge in [-0.15, -0.1) is 11.3 Å². The van der Waals surface area contributed by atoms with E-state index in [4.69, 9.17) is 11.5 Å². The lowest BCUT2D eigenvalue weighted by molar-refractivity contribution is 0.102. The van der Waals surface area contributed by atoms with Crippen LogP contribution in [0.25, 0.3) is 0 Å². The molecule has 34 heavy (non-hydrogen) atoms. The summed E-state index contributed by atoms with van der Waals surface area (Å²) < 4.78 is 0. The van der Waals surface area contributed by atoms with Crippen LogP contribution in [0, 0.1) is 0 Å². The smallest absolute Gasteiger partial charge is 0.322 e. The molecule has 0 saturated carbocycles. The number of nitrogen functional groups attached to an aromatic ring is 1. The number of aryl methyl sites for hydroxylation is 1. The number of hydrogen-bond donors (Lipinski definition) is 4. The van der Waals surface area contributed by atoms with Crippen LogP contribution in [0.3, 0.4) is 0 Å². The van der Waals surface area contributed by atoms with Crippen molar-refractivity contribution >= 4 is 39.8 Å². The molecule has 2 aliphatic rings. The summed E-state index contributed by atoms with van der Waals surface area (Å²) in [5, 5.41) is 6.49. The van der Waals surface area contributed by atoms with Crippen molar-refractivity contribution in [3.63, 3.8) is 0 Å². The molecule has 0 spiro atoms. The van der Waals surface area contributed by atoms with E-state index in [1.54, 1.807) is 18.2 Å². The number of carbonyl (C=O) groups is 2. The van der Waals surface area contributed by atoms with E-state index >= 15 is 0 Å². The first-order valence-corrected chi connectivity index (χ1v) is 12.4. The van der Waals surface area contributed by atoms with Gasteiger partial charge in [0.1, 0.15) is 0 Å². The van der Waals surface area contributed by atoms with Crippen LogP contribution >= 0.6 is 11.3 Å². The first kappa shape index (κ1) is 22.4. The highest BCUT2D eigenvalue weighted by atomic mass is 32.1. The highest BCUT2D eigenvalue weighted by molar-refractivity contribution is 7.15. The SMILES string of the molecule is Nc1cccc(NC(=O)N2CCC[C@@H]2c2cccc(C(=O)Nc3nc4c(s3)C[C@H](N)CC4)c2)c1. The molecule has 6 N–H and O–H groups in total. The number of carbonyl (C=O) groups excluding carboxylic acids is 2. The summed E-state index contributed by atoms with van der Waals surface area (Å²) in [5.41, 5.74) is 15.7. The molecule has 2 aromatic carbocycles. The predicted molar refractivity (Wildman–Crippen MR) is 135 cm³/mol. The molecule has 3 aromatic rings. The molecule has 0 radical (unpaired) electrons. The number of anilines is 3. The van der Waals surface area contributed by atoms with Crippen LogP contribution in [0.2, 0.25) is 0 Å². The number of benzene rings is 2. The summed E-state index contributed by atoms with van der Waals surface area (Å²) in [6, 6.07) is 14.5. The third-order valence-corrected chi connectivity index (χ3v) is 7.42. The number of amides is 3. The number of likely N-dealkylation sites (tertiary alicyclic amines) is 1. The zero-order valence-electron chi connectivity index (χ0n) is 18.8. The van der Waals surface area contributed by atoms with Gasteiger partial charge in [-0.1, -0.05) is 18.2 Å². The topological polar surface area (TPSA) is 126 Å². The third kappa shape index (κ3) is 4.76. The van der Waals surface area contributed by atoms with Gasteiger partial charge in [0.15, 0.2) is 5.13 Å². The number of fused-ring (bicyclic) bond motifs is 1. The molecule has 0 unspecified atom stereocenters. The number of nitrogens with zero attached hydrogens (tertiary/aromatic N) is 2. The molecule has 9 heteroatoms. The van der Waals surface area contributed by atoms with Gasteiger partial charge in [0.25, 0.3) is 5.91 Å². The molecule has 1 aliphatic carbocycles. The van der Waals surface area contributed by atoms with Gasteiger partial charge in [0.2, 0.25) is 0 Å². The second kappa shape index (κ2) is 9.44. The first-order valence-electron chi connectivity index (χ1n) is 11.5. The lowest BCUT2D eigenvalue weighted by Gasteiger charge is -2.25. The maximum Gasteiger partial charge on any atom is 0.322 e. The Morgan fingerprint density at radius 1 is 1.09 bits per heavy atom. The molecule has 1 saturated heterocycles. The summed E-state index contributed by atoms with van der Waals surface area (Å²) >= 11 is 1.50. The molecule has 5 rings (SSSR count). The lowest BCUT2D eigenvalue weighted by atomic mass is 9.99. The molecule has 2 atom stereocenters. The van der Waals surface area contributed by atoms with E-state index in [2.05, 4.69) is 15.6 Å². The van der Waals surface area contributed by atoms with Crippen molar-refractivity contribution in [3.8, 4) is 0 Å². The van der Waals surface area contributed by atoms with Crippen LogP contribution in [0.15, 0.2) is 48.5 Å². The number of nitrogens with two attached hydrogens (primary N) is 2. The van der Waals surface area contributed by atoms with Crippen molar-refractivity contribution in [1.82, 2.24) is 9.88 Å². The number of nitrogens with one attached hydrogen (secondary N) is 2. The number of rotatable bonds is 4. The third-order valence-electron chi connectivity index (χ3n) is 6.38. The fourth-order valence-electron chi connectivity index (χ4n) is 4.68. The van der Waals surface area contributed by atoms with Crippen molar-refractivity contribution in [3.05, 3.63) is 70.2 Å². The van der Waals surface area contributed by atoms with E-state index in [1.807, 2.05) is 35.2 Å². The monoisotopic (exact) mass is 476 g/mol. The Morgan fingerprint density at radius 3 is 2.79 bits per heavy atom. The van der Waals surface area contributed by atoms with Gasteiger partial charge in [-0.2, -0.15) is 0 Å². The van der Waals surface area contributed by atoms with Gasteiger partial charge in [0.05, 0.1) is 11.7 Å². The minimum Gasteiger partial charge on any atom is -0.399 e. The van der Waals surface area contributed by atoms with Crippen LogP contribution in [0.5, 0.6) is 0 Å². The Kier molecular flexibility index (Phi) is 6.21. The maximum absolute atomic E-state index is 13.0. The van der Waals surface area contributed by atoms with Crippen LogP contribution < -0.4 is 22.1 Å². The zero-order valence-corrected chi connectivity index (χ0v) is 19.6. The van der Waals surface area contributed by atoms with Gasteiger partial charge in [-0.25, -0.2) is 9.78 Å². The summed E-state index contributed by atoms with van der Waals surface area (Å²) in [5.74, 6) is -0.203. The molecular formula is C25H28N6O2S. The first-order chi connectivity index (χ1) is 16.5. The van der Waals surface area contributed by atoms with Crippen molar-refractivity contribution < 1.29 is 9.59 Å². The largest absolute Gasteiger partial charge is 0.399 e. The fraction of sp³-hybridized carbons (Fsp3) is 0.320. The molecule has 1 aliphatic heterocycles. The van der Waals surface area contributed by atoms with Crippen molar-refractivity contribution in [2.45, 2.75) is 44.2 Å². The fourth-order valence-corrected chi connectivity index (χ4v) is 5.77. The number of urea groups is 1. The Balaban J connectivity index is 1.29. The highest BCUT2D eigenvalue weighted by Crippen LogP contribution is 2.33. The summed E-state index contributed by atoms with van der Waals surface area (Å²) in [6.07, 6.45) is 4.34. The van der Waals surface area contributed by atoms with E-state index in [9.17, 15) is 9.59 Å². The van der Waals surface area contributed by atoms with Crippen molar-refractivity contribution in [2.75, 3.05) is 22.9 Å². The van der Waals surface area contributed by atoms with Crippen molar-refractivity contribution in [1.29, 1.82) is 0 Å². The number of aromatic nitrogens is 1. The summed E-state index contributed by atoms with van der Waals surface area (Å²) in [4.78, 5) is 33.5. The van der Waals surface area contributed by atoms with E-state index in [0.717, 1.165) is 48.2 Å². The Labute approximate surface area is 202 Å². The van der Waals surface area contributed by atoms with Gasteiger partial charge in [-0.3, -0.25) is 10.1 Å². The Bertz CT molecular complexity index is 1230. The van der Waals surface area contributed by atoms with Crippen molar-refractivity contribution in [2.24, 2.45) is 5.73 Å². The van der Waals surface area contributed by atoms with Gasteiger partial charge in [0, 0.05) is 34.4 Å². The van der Waals surface area contributed by atoms with Crippen LogP contribution in [0.4, 0.5) is 21.3 Å². The Hall–Kier alpha value is -3.43. The number of thiazole rings is 1. The predicted octanol–water partition coefficient (Wildman–Crippen LogP) is 4.16. The lowest BCUT2D eigenvalue weighted by Crippen LogP contribution is -2.34. The molecule has 3 amide bonds. The normalized spacial score (nSPS) is 19.5. The highest BCUT2D eigenvalue weighted by Gasteiger charge is 2.30. The minimum absolute atomic E-state index is 0.0949. The van der Waals surface area contributed by atoms with Gasteiger partial charge in [-0.05, 0) is 68.0 Å².